The molecule has 1 fully saturated rings. The van der Waals surface area contributed by atoms with Gasteiger partial charge in [-0.25, -0.2) is 9.78 Å². The summed E-state index contributed by atoms with van der Waals surface area (Å²) in [6, 6.07) is 11.5. The number of H-pyrrole nitrogens is 1. The molecule has 0 saturated carbocycles. The van der Waals surface area contributed by atoms with Crippen LogP contribution in [0.4, 0.5) is 16.3 Å². The van der Waals surface area contributed by atoms with E-state index in [9.17, 15) is 4.79 Å². The second-order valence-corrected chi connectivity index (χ2v) is 6.24. The van der Waals surface area contributed by atoms with Crippen LogP contribution in [0.15, 0.2) is 48.8 Å². The predicted octanol–water partition coefficient (Wildman–Crippen LogP) is 3.48. The van der Waals surface area contributed by atoms with Crippen molar-refractivity contribution in [3.8, 4) is 0 Å². The third-order valence-electron chi connectivity index (χ3n) is 4.55. The Balaban J connectivity index is 1.43. The van der Waals surface area contributed by atoms with E-state index >= 15 is 0 Å². The molecular weight excluding hydrogens is 314 g/mol. The topological polar surface area (TPSA) is 73.1 Å². The zero-order valence-electron chi connectivity index (χ0n) is 14.0. The molecule has 6 nitrogen and oxygen atoms in total. The van der Waals surface area contributed by atoms with E-state index < -0.39 is 0 Å². The van der Waals surface area contributed by atoms with Crippen molar-refractivity contribution >= 4 is 28.4 Å². The monoisotopic (exact) mass is 335 g/mol. The molecular formula is C19H21N5O. The second kappa shape index (κ2) is 6.84. The molecule has 0 unspecified atom stereocenters. The van der Waals surface area contributed by atoms with Crippen LogP contribution in [0.1, 0.15) is 18.4 Å². The molecule has 6 heteroatoms. The highest BCUT2D eigenvalue weighted by atomic mass is 16.2. The van der Waals surface area contributed by atoms with Crippen molar-refractivity contribution in [2.45, 2.75) is 19.4 Å². The van der Waals surface area contributed by atoms with Crippen molar-refractivity contribution in [3.63, 3.8) is 0 Å². The first kappa shape index (κ1) is 15.5. The van der Waals surface area contributed by atoms with Crippen molar-refractivity contribution in [3.05, 3.63) is 54.4 Å². The number of rotatable bonds is 4. The molecule has 3 aromatic rings. The van der Waals surface area contributed by atoms with Gasteiger partial charge in [0.15, 0.2) is 0 Å². The van der Waals surface area contributed by atoms with Crippen LogP contribution in [0.3, 0.4) is 0 Å². The standard InChI is InChI=1S/C19H21N5O/c25-19(23-16-7-3-5-14-8-10-20-17(14)16)22-13-15-6-4-9-21-18(15)24-11-1-2-12-24/h3-10,20H,1-2,11-13H2,(H2,22,23,25). The highest BCUT2D eigenvalue weighted by Gasteiger charge is 2.17. The first-order chi connectivity index (χ1) is 12.3. The second-order valence-electron chi connectivity index (χ2n) is 6.24. The molecule has 0 radical (unpaired) electrons. The van der Waals surface area contributed by atoms with E-state index in [1.165, 1.54) is 12.8 Å². The maximum atomic E-state index is 12.3. The highest BCUT2D eigenvalue weighted by molar-refractivity contribution is 5.99. The Morgan fingerprint density at radius 2 is 2.04 bits per heavy atom. The summed E-state index contributed by atoms with van der Waals surface area (Å²) in [5, 5.41) is 6.92. The van der Waals surface area contributed by atoms with E-state index in [2.05, 4.69) is 25.5 Å². The van der Waals surface area contributed by atoms with E-state index in [0.29, 0.717) is 6.54 Å². The van der Waals surface area contributed by atoms with Gasteiger partial charge < -0.3 is 20.5 Å². The third-order valence-corrected chi connectivity index (χ3v) is 4.55. The number of para-hydroxylation sites is 1. The molecule has 3 heterocycles. The molecule has 2 amide bonds. The molecule has 0 bridgehead atoms. The van der Waals surface area contributed by atoms with Crippen molar-refractivity contribution in [2.24, 2.45) is 0 Å². The third kappa shape index (κ3) is 3.28. The van der Waals surface area contributed by atoms with Crippen LogP contribution >= 0.6 is 0 Å². The van der Waals surface area contributed by atoms with Crippen LogP contribution in [0, 0.1) is 0 Å². The lowest BCUT2D eigenvalue weighted by Crippen LogP contribution is -2.29. The fourth-order valence-corrected chi connectivity index (χ4v) is 3.31. The van der Waals surface area contributed by atoms with Crippen molar-refractivity contribution in [1.82, 2.24) is 15.3 Å². The first-order valence-corrected chi connectivity index (χ1v) is 8.61. The van der Waals surface area contributed by atoms with Crippen molar-refractivity contribution in [1.29, 1.82) is 0 Å². The summed E-state index contributed by atoms with van der Waals surface area (Å²) in [7, 11) is 0. The average Bonchev–Trinajstić information content (AvgIpc) is 3.32. The molecule has 0 aliphatic carbocycles. The van der Waals surface area contributed by atoms with Gasteiger partial charge in [0, 0.05) is 43.0 Å². The number of nitrogens with one attached hydrogen (secondary N) is 3. The number of hydrogen-bond acceptors (Lipinski definition) is 3. The van der Waals surface area contributed by atoms with Gasteiger partial charge in [-0.1, -0.05) is 18.2 Å². The normalized spacial score (nSPS) is 14.0. The number of carbonyl (C=O) groups is 1. The molecule has 0 atom stereocenters. The van der Waals surface area contributed by atoms with Crippen LogP contribution in [0.5, 0.6) is 0 Å². The molecule has 25 heavy (non-hydrogen) atoms. The van der Waals surface area contributed by atoms with Crippen LogP contribution < -0.4 is 15.5 Å². The lowest BCUT2D eigenvalue weighted by molar-refractivity contribution is 0.252. The van der Waals surface area contributed by atoms with Crippen LogP contribution in [-0.2, 0) is 6.54 Å². The number of carbonyl (C=O) groups excluding carboxylic acids is 1. The molecule has 1 saturated heterocycles. The lowest BCUT2D eigenvalue weighted by Gasteiger charge is -2.20. The number of hydrogen-bond donors (Lipinski definition) is 3. The fourth-order valence-electron chi connectivity index (χ4n) is 3.31. The molecule has 1 aliphatic rings. The lowest BCUT2D eigenvalue weighted by atomic mass is 10.2. The summed E-state index contributed by atoms with van der Waals surface area (Å²) in [5.41, 5.74) is 2.74. The number of pyridine rings is 1. The zero-order chi connectivity index (χ0) is 17.1. The Kier molecular flexibility index (Phi) is 4.24. The molecule has 1 aromatic carbocycles. The summed E-state index contributed by atoms with van der Waals surface area (Å²) >= 11 is 0. The minimum atomic E-state index is -0.224. The number of aromatic amines is 1. The van der Waals surface area contributed by atoms with Gasteiger partial charge in [-0.3, -0.25) is 0 Å². The van der Waals surface area contributed by atoms with Gasteiger partial charge in [0.1, 0.15) is 5.82 Å². The van der Waals surface area contributed by atoms with Crippen molar-refractivity contribution < 1.29 is 4.79 Å². The summed E-state index contributed by atoms with van der Waals surface area (Å²) < 4.78 is 0. The van der Waals surface area contributed by atoms with E-state index in [1.807, 2.05) is 48.8 Å². The van der Waals surface area contributed by atoms with Crippen molar-refractivity contribution in [2.75, 3.05) is 23.3 Å². The number of anilines is 2. The van der Waals surface area contributed by atoms with Gasteiger partial charge in [0.25, 0.3) is 0 Å². The maximum Gasteiger partial charge on any atom is 0.319 e. The largest absolute Gasteiger partial charge is 0.359 e. The fraction of sp³-hybridized carbons (Fsp3) is 0.263. The Morgan fingerprint density at radius 3 is 2.92 bits per heavy atom. The SMILES string of the molecule is O=C(NCc1cccnc1N1CCCC1)Nc1cccc2cc[nH]c12. The Bertz CT molecular complexity index is 882. The summed E-state index contributed by atoms with van der Waals surface area (Å²) in [6.07, 6.45) is 6.07. The summed E-state index contributed by atoms with van der Waals surface area (Å²) in [4.78, 5) is 22.3. The quantitative estimate of drug-likeness (QED) is 0.683. The van der Waals surface area contributed by atoms with E-state index in [-0.39, 0.29) is 6.03 Å². The van der Waals surface area contributed by atoms with E-state index in [4.69, 9.17) is 0 Å². The number of fused-ring (bicyclic) bond motifs is 1. The van der Waals surface area contributed by atoms with Gasteiger partial charge >= 0.3 is 6.03 Å². The molecule has 4 rings (SSSR count). The van der Waals surface area contributed by atoms with Crippen LogP contribution in [0.2, 0.25) is 0 Å². The minimum absolute atomic E-state index is 0.224. The molecule has 1 aliphatic heterocycles. The van der Waals surface area contributed by atoms with Crippen LogP contribution in [0.25, 0.3) is 10.9 Å². The van der Waals surface area contributed by atoms with Gasteiger partial charge in [-0.2, -0.15) is 0 Å². The van der Waals surface area contributed by atoms with Gasteiger partial charge in [-0.05, 0) is 31.0 Å². The smallest absolute Gasteiger partial charge is 0.319 e. The number of nitrogens with zero attached hydrogens (tertiary/aromatic N) is 2. The van der Waals surface area contributed by atoms with Gasteiger partial charge in [0.2, 0.25) is 0 Å². The van der Waals surface area contributed by atoms with Gasteiger partial charge in [0.05, 0.1) is 11.2 Å². The van der Waals surface area contributed by atoms with Gasteiger partial charge in [-0.15, -0.1) is 0 Å². The molecule has 128 valence electrons. The summed E-state index contributed by atoms with van der Waals surface area (Å²) in [6.45, 7) is 2.52. The average molecular weight is 335 g/mol. The molecule has 3 N–H and O–H groups in total. The van der Waals surface area contributed by atoms with E-state index in [0.717, 1.165) is 41.1 Å². The predicted molar refractivity (Wildman–Crippen MR) is 99.8 cm³/mol. The Morgan fingerprint density at radius 1 is 1.16 bits per heavy atom. The summed E-state index contributed by atoms with van der Waals surface area (Å²) in [5.74, 6) is 0.978. The number of aromatic nitrogens is 2. The Labute approximate surface area is 146 Å². The minimum Gasteiger partial charge on any atom is -0.359 e. The Hall–Kier alpha value is -3.02. The zero-order valence-corrected chi connectivity index (χ0v) is 14.0. The number of amides is 2. The first-order valence-electron chi connectivity index (χ1n) is 8.61. The number of urea groups is 1. The molecule has 0 spiro atoms. The highest BCUT2D eigenvalue weighted by Crippen LogP contribution is 2.23. The van der Waals surface area contributed by atoms with E-state index in [1.54, 1.807) is 0 Å². The maximum absolute atomic E-state index is 12.3. The molecule has 2 aromatic heterocycles. The van der Waals surface area contributed by atoms with Crippen LogP contribution in [-0.4, -0.2) is 29.1 Å². The number of benzene rings is 1.